The number of nitrogens with one attached hydrogen (secondary N) is 1. The maximum atomic E-state index is 5.22. The minimum Gasteiger partial charge on any atom is -0.383 e. The van der Waals surface area contributed by atoms with Crippen molar-refractivity contribution in [1.29, 1.82) is 0 Å². The van der Waals surface area contributed by atoms with Gasteiger partial charge in [-0.05, 0) is 39.4 Å². The summed E-state index contributed by atoms with van der Waals surface area (Å²) < 4.78 is 5.22. The summed E-state index contributed by atoms with van der Waals surface area (Å²) in [6.07, 6.45) is 1.11. The van der Waals surface area contributed by atoms with E-state index in [1.54, 1.807) is 7.11 Å². The lowest BCUT2D eigenvalue weighted by atomic mass is 10.0. The Kier molecular flexibility index (Phi) is 7.82. The Hall–Kier alpha value is -0.900. The summed E-state index contributed by atoms with van der Waals surface area (Å²) >= 11 is 0. The standard InChI is InChI=1S/C17H30N2O/c1-6-18-17(16-9-7-14(2)8-10-16)11-12-19(4)15(3)13-20-5/h7-10,15,17-18H,6,11-13H2,1-5H3. The fraction of sp³-hybridized carbons (Fsp3) is 0.647. The third-order valence-corrected chi connectivity index (χ3v) is 3.86. The van der Waals surface area contributed by atoms with E-state index in [0.29, 0.717) is 12.1 Å². The highest BCUT2D eigenvalue weighted by Crippen LogP contribution is 2.18. The van der Waals surface area contributed by atoms with E-state index in [0.717, 1.165) is 26.1 Å². The van der Waals surface area contributed by atoms with Gasteiger partial charge in [-0.25, -0.2) is 0 Å². The lowest BCUT2D eigenvalue weighted by molar-refractivity contribution is 0.113. The van der Waals surface area contributed by atoms with Gasteiger partial charge in [0.2, 0.25) is 0 Å². The van der Waals surface area contributed by atoms with Crippen molar-refractivity contribution in [1.82, 2.24) is 10.2 Å². The zero-order chi connectivity index (χ0) is 15.0. The van der Waals surface area contributed by atoms with E-state index < -0.39 is 0 Å². The molecule has 0 aliphatic carbocycles. The third-order valence-electron chi connectivity index (χ3n) is 3.86. The van der Waals surface area contributed by atoms with Crippen LogP contribution in [0.15, 0.2) is 24.3 Å². The normalized spacial score (nSPS) is 14.5. The highest BCUT2D eigenvalue weighted by Gasteiger charge is 2.14. The molecule has 1 rings (SSSR count). The van der Waals surface area contributed by atoms with Crippen molar-refractivity contribution in [2.24, 2.45) is 0 Å². The number of ether oxygens (including phenoxy) is 1. The molecule has 0 aliphatic rings. The number of nitrogens with zero attached hydrogens (tertiary/aromatic N) is 1. The molecule has 2 atom stereocenters. The van der Waals surface area contributed by atoms with E-state index in [1.165, 1.54) is 11.1 Å². The Balaban J connectivity index is 2.57. The zero-order valence-corrected chi connectivity index (χ0v) is 13.6. The van der Waals surface area contributed by atoms with Crippen LogP contribution in [0.4, 0.5) is 0 Å². The van der Waals surface area contributed by atoms with Crippen LogP contribution in [0.5, 0.6) is 0 Å². The van der Waals surface area contributed by atoms with Gasteiger partial charge in [-0.1, -0.05) is 36.8 Å². The maximum Gasteiger partial charge on any atom is 0.0615 e. The van der Waals surface area contributed by atoms with Gasteiger partial charge in [0, 0.05) is 25.7 Å². The van der Waals surface area contributed by atoms with Crippen LogP contribution in [0.25, 0.3) is 0 Å². The molecule has 3 nitrogen and oxygen atoms in total. The maximum absolute atomic E-state index is 5.22. The van der Waals surface area contributed by atoms with Gasteiger partial charge >= 0.3 is 0 Å². The van der Waals surface area contributed by atoms with Crippen LogP contribution in [-0.4, -0.2) is 44.8 Å². The summed E-state index contributed by atoms with van der Waals surface area (Å²) in [7, 11) is 3.93. The summed E-state index contributed by atoms with van der Waals surface area (Å²) in [4.78, 5) is 2.36. The molecule has 1 aromatic carbocycles. The number of methoxy groups -OCH3 is 1. The first-order chi connectivity index (χ1) is 9.58. The summed E-state index contributed by atoms with van der Waals surface area (Å²) in [5.74, 6) is 0. The first-order valence-electron chi connectivity index (χ1n) is 7.57. The summed E-state index contributed by atoms with van der Waals surface area (Å²) in [5, 5.41) is 3.59. The molecule has 2 unspecified atom stereocenters. The second kappa shape index (κ2) is 9.11. The average molecular weight is 278 g/mol. The van der Waals surface area contributed by atoms with Crippen molar-refractivity contribution in [3.8, 4) is 0 Å². The Morgan fingerprint density at radius 1 is 1.25 bits per heavy atom. The molecule has 0 heterocycles. The van der Waals surface area contributed by atoms with Gasteiger partial charge in [-0.3, -0.25) is 0 Å². The molecule has 0 aromatic heterocycles. The molecule has 0 amide bonds. The lowest BCUT2D eigenvalue weighted by Gasteiger charge is -2.27. The first-order valence-corrected chi connectivity index (χ1v) is 7.57. The van der Waals surface area contributed by atoms with Crippen molar-refractivity contribution in [3.63, 3.8) is 0 Å². The molecular weight excluding hydrogens is 248 g/mol. The Morgan fingerprint density at radius 3 is 2.45 bits per heavy atom. The molecule has 0 radical (unpaired) electrons. The van der Waals surface area contributed by atoms with Crippen LogP contribution in [0.3, 0.4) is 0 Å². The number of likely N-dealkylation sites (N-methyl/N-ethyl adjacent to an activating group) is 1. The van der Waals surface area contributed by atoms with Gasteiger partial charge in [0.1, 0.15) is 0 Å². The summed E-state index contributed by atoms with van der Waals surface area (Å²) in [6, 6.07) is 9.74. The number of hydrogen-bond donors (Lipinski definition) is 1. The van der Waals surface area contributed by atoms with Crippen LogP contribution in [0, 0.1) is 6.92 Å². The quantitative estimate of drug-likeness (QED) is 0.751. The summed E-state index contributed by atoms with van der Waals surface area (Å²) in [5.41, 5.74) is 2.69. The molecule has 0 bridgehead atoms. The number of hydrogen-bond acceptors (Lipinski definition) is 3. The van der Waals surface area contributed by atoms with Crippen LogP contribution in [-0.2, 0) is 4.74 Å². The predicted octanol–water partition coefficient (Wildman–Crippen LogP) is 3.00. The fourth-order valence-corrected chi connectivity index (χ4v) is 2.35. The van der Waals surface area contributed by atoms with E-state index in [-0.39, 0.29) is 0 Å². The Morgan fingerprint density at radius 2 is 1.90 bits per heavy atom. The summed E-state index contributed by atoms with van der Waals surface area (Å²) in [6.45, 7) is 9.35. The molecule has 1 aromatic rings. The highest BCUT2D eigenvalue weighted by atomic mass is 16.5. The molecule has 0 saturated heterocycles. The molecule has 0 fully saturated rings. The van der Waals surface area contributed by atoms with Gasteiger partial charge in [-0.15, -0.1) is 0 Å². The number of rotatable bonds is 9. The van der Waals surface area contributed by atoms with Gasteiger partial charge in [0.25, 0.3) is 0 Å². The van der Waals surface area contributed by atoms with Gasteiger partial charge in [0.15, 0.2) is 0 Å². The smallest absolute Gasteiger partial charge is 0.0615 e. The SMILES string of the molecule is CCNC(CCN(C)C(C)COC)c1ccc(C)cc1. The molecule has 20 heavy (non-hydrogen) atoms. The van der Waals surface area contributed by atoms with Gasteiger partial charge in [-0.2, -0.15) is 0 Å². The monoisotopic (exact) mass is 278 g/mol. The lowest BCUT2D eigenvalue weighted by Crippen LogP contribution is -2.35. The van der Waals surface area contributed by atoms with Crippen LogP contribution < -0.4 is 5.32 Å². The van der Waals surface area contributed by atoms with E-state index in [1.807, 2.05) is 0 Å². The first kappa shape index (κ1) is 17.2. The van der Waals surface area contributed by atoms with Gasteiger partial charge < -0.3 is 15.0 Å². The van der Waals surface area contributed by atoms with Gasteiger partial charge in [0.05, 0.1) is 6.61 Å². The van der Waals surface area contributed by atoms with Crippen LogP contribution >= 0.6 is 0 Å². The molecule has 1 N–H and O–H groups in total. The van der Waals surface area contributed by atoms with Crippen molar-refractivity contribution in [2.75, 3.05) is 33.9 Å². The van der Waals surface area contributed by atoms with E-state index in [9.17, 15) is 0 Å². The Bertz CT molecular complexity index is 364. The predicted molar refractivity (Wildman–Crippen MR) is 86.2 cm³/mol. The van der Waals surface area contributed by atoms with Crippen molar-refractivity contribution in [3.05, 3.63) is 35.4 Å². The highest BCUT2D eigenvalue weighted by molar-refractivity contribution is 5.24. The van der Waals surface area contributed by atoms with E-state index in [2.05, 4.69) is 62.3 Å². The largest absolute Gasteiger partial charge is 0.383 e. The fourth-order valence-electron chi connectivity index (χ4n) is 2.35. The molecular formula is C17H30N2O. The molecule has 114 valence electrons. The second-order valence-electron chi connectivity index (χ2n) is 5.59. The van der Waals surface area contributed by atoms with Crippen molar-refractivity contribution >= 4 is 0 Å². The third kappa shape index (κ3) is 5.61. The minimum absolute atomic E-state index is 0.429. The van der Waals surface area contributed by atoms with Crippen molar-refractivity contribution < 1.29 is 4.74 Å². The zero-order valence-electron chi connectivity index (χ0n) is 13.6. The minimum atomic E-state index is 0.429. The molecule has 0 aliphatic heterocycles. The van der Waals surface area contributed by atoms with E-state index >= 15 is 0 Å². The average Bonchev–Trinajstić information content (AvgIpc) is 2.44. The van der Waals surface area contributed by atoms with E-state index in [4.69, 9.17) is 4.74 Å². The molecule has 0 saturated carbocycles. The van der Waals surface area contributed by atoms with Crippen molar-refractivity contribution in [2.45, 2.75) is 39.3 Å². The Labute approximate surface area is 124 Å². The molecule has 3 heteroatoms. The number of aryl methyl sites for hydroxylation is 1. The number of benzene rings is 1. The van der Waals surface area contributed by atoms with Crippen LogP contribution in [0.1, 0.15) is 37.4 Å². The van der Waals surface area contributed by atoms with Crippen LogP contribution in [0.2, 0.25) is 0 Å². The second-order valence-corrected chi connectivity index (χ2v) is 5.59. The topological polar surface area (TPSA) is 24.5 Å². The molecule has 0 spiro atoms.